The maximum absolute atomic E-state index is 5.86. The monoisotopic (exact) mass is 341 g/mol. The van der Waals surface area contributed by atoms with Gasteiger partial charge in [0.1, 0.15) is 0 Å². The third kappa shape index (κ3) is 3.99. The molecule has 0 aliphatic carbocycles. The van der Waals surface area contributed by atoms with E-state index in [4.69, 9.17) is 5.73 Å². The van der Waals surface area contributed by atoms with E-state index >= 15 is 0 Å². The van der Waals surface area contributed by atoms with Crippen LogP contribution in [0, 0.1) is 6.92 Å². The summed E-state index contributed by atoms with van der Waals surface area (Å²) < 4.78 is 0. The SMILES string of the molecule is Cc1cccc(N2CCN([C@@H](C)c3nc(N)nc(N(C)C)n3)CC2)c1. The van der Waals surface area contributed by atoms with E-state index in [1.165, 1.54) is 11.3 Å². The predicted octanol–water partition coefficient (Wildman–Crippen LogP) is 1.71. The Bertz CT molecular complexity index is 723. The summed E-state index contributed by atoms with van der Waals surface area (Å²) in [6.07, 6.45) is 0. The number of hydrogen-bond donors (Lipinski definition) is 1. The van der Waals surface area contributed by atoms with Crippen LogP contribution < -0.4 is 15.5 Å². The lowest BCUT2D eigenvalue weighted by molar-refractivity contribution is 0.191. The number of piperazine rings is 1. The minimum absolute atomic E-state index is 0.114. The van der Waals surface area contributed by atoms with Crippen LogP contribution in [0.15, 0.2) is 24.3 Å². The van der Waals surface area contributed by atoms with Crippen molar-refractivity contribution in [1.82, 2.24) is 19.9 Å². The Morgan fingerprint density at radius 2 is 1.80 bits per heavy atom. The lowest BCUT2D eigenvalue weighted by Gasteiger charge is -2.38. The van der Waals surface area contributed by atoms with Crippen molar-refractivity contribution in [3.05, 3.63) is 35.7 Å². The second-order valence-electron chi connectivity index (χ2n) is 6.78. The average molecular weight is 341 g/mol. The number of rotatable bonds is 4. The quantitative estimate of drug-likeness (QED) is 0.907. The van der Waals surface area contributed by atoms with Gasteiger partial charge in [-0.15, -0.1) is 0 Å². The molecule has 1 aliphatic heterocycles. The van der Waals surface area contributed by atoms with E-state index in [0.29, 0.717) is 5.95 Å². The van der Waals surface area contributed by atoms with Gasteiger partial charge >= 0.3 is 0 Å². The molecule has 25 heavy (non-hydrogen) atoms. The first-order valence-corrected chi connectivity index (χ1v) is 8.68. The lowest BCUT2D eigenvalue weighted by Crippen LogP contribution is -2.47. The number of anilines is 3. The van der Waals surface area contributed by atoms with Crippen LogP contribution in [0.5, 0.6) is 0 Å². The number of benzene rings is 1. The molecule has 134 valence electrons. The zero-order valence-electron chi connectivity index (χ0n) is 15.5. The zero-order chi connectivity index (χ0) is 18.0. The molecule has 2 aromatic rings. The molecule has 0 spiro atoms. The molecule has 1 atom stereocenters. The van der Waals surface area contributed by atoms with E-state index in [1.54, 1.807) is 0 Å². The van der Waals surface area contributed by atoms with Gasteiger partial charge in [0.15, 0.2) is 5.82 Å². The van der Waals surface area contributed by atoms with Crippen molar-refractivity contribution in [2.75, 3.05) is 55.8 Å². The van der Waals surface area contributed by atoms with Gasteiger partial charge in [0.25, 0.3) is 0 Å². The van der Waals surface area contributed by atoms with Crippen LogP contribution in [0.3, 0.4) is 0 Å². The van der Waals surface area contributed by atoms with E-state index in [0.717, 1.165) is 32.0 Å². The summed E-state index contributed by atoms with van der Waals surface area (Å²) in [5, 5.41) is 0. The zero-order valence-corrected chi connectivity index (χ0v) is 15.5. The van der Waals surface area contributed by atoms with Crippen molar-refractivity contribution < 1.29 is 0 Å². The Balaban J connectivity index is 1.68. The Labute approximate surface area is 149 Å². The first-order chi connectivity index (χ1) is 11.9. The fraction of sp³-hybridized carbons (Fsp3) is 0.500. The molecule has 1 aliphatic rings. The topological polar surface area (TPSA) is 74.4 Å². The summed E-state index contributed by atoms with van der Waals surface area (Å²) in [7, 11) is 3.81. The van der Waals surface area contributed by atoms with Crippen molar-refractivity contribution >= 4 is 17.6 Å². The van der Waals surface area contributed by atoms with Crippen LogP contribution in [0.2, 0.25) is 0 Å². The average Bonchev–Trinajstić information content (AvgIpc) is 2.60. The molecule has 1 aromatic heterocycles. The van der Waals surface area contributed by atoms with Crippen molar-refractivity contribution in [3.8, 4) is 0 Å². The maximum atomic E-state index is 5.86. The summed E-state index contributed by atoms with van der Waals surface area (Å²) >= 11 is 0. The number of aryl methyl sites for hydroxylation is 1. The highest BCUT2D eigenvalue weighted by atomic mass is 15.3. The van der Waals surface area contributed by atoms with E-state index in [9.17, 15) is 0 Å². The molecule has 2 N–H and O–H groups in total. The molecule has 0 radical (unpaired) electrons. The van der Waals surface area contributed by atoms with Crippen LogP contribution >= 0.6 is 0 Å². The molecule has 3 rings (SSSR count). The second kappa shape index (κ2) is 7.23. The van der Waals surface area contributed by atoms with Gasteiger partial charge in [0.05, 0.1) is 6.04 Å². The molecule has 1 fully saturated rings. The smallest absolute Gasteiger partial charge is 0.229 e. The van der Waals surface area contributed by atoms with E-state index < -0.39 is 0 Å². The first-order valence-electron chi connectivity index (χ1n) is 8.68. The Kier molecular flexibility index (Phi) is 5.03. The molecule has 1 saturated heterocycles. The number of nitrogens with two attached hydrogens (primary N) is 1. The molecule has 0 unspecified atom stereocenters. The molecule has 7 heteroatoms. The van der Waals surface area contributed by atoms with Gasteiger partial charge in [-0.1, -0.05) is 12.1 Å². The Hall–Kier alpha value is -2.41. The highest BCUT2D eigenvalue weighted by Crippen LogP contribution is 2.23. The van der Waals surface area contributed by atoms with Gasteiger partial charge in [0.2, 0.25) is 11.9 Å². The van der Waals surface area contributed by atoms with Crippen LogP contribution in [-0.2, 0) is 0 Å². The fourth-order valence-electron chi connectivity index (χ4n) is 3.14. The second-order valence-corrected chi connectivity index (χ2v) is 6.78. The minimum atomic E-state index is 0.114. The first kappa shape index (κ1) is 17.4. The van der Waals surface area contributed by atoms with Gasteiger partial charge in [0, 0.05) is 46.0 Å². The summed E-state index contributed by atoms with van der Waals surface area (Å²) in [5.74, 6) is 1.62. The normalized spacial score (nSPS) is 16.7. The van der Waals surface area contributed by atoms with E-state index in [2.05, 4.69) is 62.9 Å². The standard InChI is InChI=1S/C18H27N7/c1-13-6-5-7-15(12-13)25-10-8-24(9-11-25)14(2)16-20-17(19)22-18(21-16)23(3)4/h5-7,12,14H,8-11H2,1-4H3,(H2,19,20,21,22)/t14-/m0/s1. The molecule has 0 saturated carbocycles. The fourth-order valence-corrected chi connectivity index (χ4v) is 3.14. The Morgan fingerprint density at radius 1 is 1.08 bits per heavy atom. The number of hydrogen-bond acceptors (Lipinski definition) is 7. The number of nitrogen functional groups attached to an aromatic ring is 1. The minimum Gasteiger partial charge on any atom is -0.369 e. The van der Waals surface area contributed by atoms with Crippen molar-refractivity contribution in [3.63, 3.8) is 0 Å². The molecule has 0 amide bonds. The molecule has 0 bridgehead atoms. The highest BCUT2D eigenvalue weighted by molar-refractivity contribution is 5.48. The third-order valence-electron chi connectivity index (χ3n) is 4.66. The summed E-state index contributed by atoms with van der Waals surface area (Å²) in [6.45, 7) is 8.20. The van der Waals surface area contributed by atoms with E-state index in [-0.39, 0.29) is 12.0 Å². The van der Waals surface area contributed by atoms with Gasteiger partial charge in [-0.25, -0.2) is 0 Å². The number of aromatic nitrogens is 3. The lowest BCUT2D eigenvalue weighted by atomic mass is 10.1. The summed E-state index contributed by atoms with van der Waals surface area (Å²) in [5.41, 5.74) is 8.46. The highest BCUT2D eigenvalue weighted by Gasteiger charge is 2.25. The molecule has 2 heterocycles. The summed E-state index contributed by atoms with van der Waals surface area (Å²) in [6, 6.07) is 8.80. The Morgan fingerprint density at radius 3 is 2.44 bits per heavy atom. The molecular weight excluding hydrogens is 314 g/mol. The molecular formula is C18H27N7. The van der Waals surface area contributed by atoms with Gasteiger partial charge in [-0.2, -0.15) is 15.0 Å². The van der Waals surface area contributed by atoms with Crippen molar-refractivity contribution in [2.45, 2.75) is 19.9 Å². The molecule has 1 aromatic carbocycles. The van der Waals surface area contributed by atoms with Gasteiger partial charge in [-0.3, -0.25) is 4.90 Å². The van der Waals surface area contributed by atoms with Crippen LogP contribution in [0.1, 0.15) is 24.4 Å². The van der Waals surface area contributed by atoms with Crippen LogP contribution in [0.25, 0.3) is 0 Å². The largest absolute Gasteiger partial charge is 0.369 e. The molecule has 7 nitrogen and oxygen atoms in total. The maximum Gasteiger partial charge on any atom is 0.229 e. The van der Waals surface area contributed by atoms with Gasteiger partial charge < -0.3 is 15.5 Å². The third-order valence-corrected chi connectivity index (χ3v) is 4.66. The summed E-state index contributed by atoms with van der Waals surface area (Å²) in [4.78, 5) is 19.8. The van der Waals surface area contributed by atoms with Crippen LogP contribution in [0.4, 0.5) is 17.6 Å². The number of nitrogens with zero attached hydrogens (tertiary/aromatic N) is 6. The van der Waals surface area contributed by atoms with E-state index in [1.807, 2.05) is 19.0 Å². The predicted molar refractivity (Wildman–Crippen MR) is 102 cm³/mol. The van der Waals surface area contributed by atoms with Crippen LogP contribution in [-0.4, -0.2) is 60.1 Å². The van der Waals surface area contributed by atoms with Crippen molar-refractivity contribution in [2.24, 2.45) is 0 Å². The van der Waals surface area contributed by atoms with Crippen molar-refractivity contribution in [1.29, 1.82) is 0 Å². The van der Waals surface area contributed by atoms with Gasteiger partial charge in [-0.05, 0) is 31.5 Å².